The molecule has 13 heavy (non-hydrogen) atoms. The van der Waals surface area contributed by atoms with Crippen molar-refractivity contribution >= 4 is 5.97 Å². The van der Waals surface area contributed by atoms with E-state index in [-0.39, 0.29) is 6.10 Å². The van der Waals surface area contributed by atoms with Crippen molar-refractivity contribution in [1.29, 1.82) is 0 Å². The molecule has 0 fully saturated rings. The molecule has 1 aromatic rings. The molecule has 0 radical (unpaired) electrons. The number of ether oxygens (including phenoxy) is 2. The maximum atomic E-state index is 11.1. The number of methoxy groups -OCH3 is 1. The highest BCUT2D eigenvalue weighted by atomic mass is 16.5. The number of esters is 1. The lowest BCUT2D eigenvalue weighted by Crippen LogP contribution is -2.10. The minimum absolute atomic E-state index is 0.0409. The quantitative estimate of drug-likeness (QED) is 0.724. The number of H-pyrrole nitrogens is 1. The minimum Gasteiger partial charge on any atom is -0.488 e. The summed E-state index contributed by atoms with van der Waals surface area (Å²) in [4.78, 5) is 13.9. The highest BCUT2D eigenvalue weighted by molar-refractivity contribution is 5.90. The Balaban J connectivity index is 2.83. The summed E-state index contributed by atoms with van der Waals surface area (Å²) in [6.07, 6.45) is 1.68. The standard InChI is InChI=1S/C9H13NO3/c1-6(2)13-7-4-5-10-8(7)9(11)12-3/h4-6,10H,1-3H3. The lowest BCUT2D eigenvalue weighted by molar-refractivity contribution is 0.0588. The molecule has 4 nitrogen and oxygen atoms in total. The van der Waals surface area contributed by atoms with Crippen molar-refractivity contribution in [2.45, 2.75) is 20.0 Å². The molecule has 0 bridgehead atoms. The zero-order valence-electron chi connectivity index (χ0n) is 7.96. The van der Waals surface area contributed by atoms with E-state index >= 15 is 0 Å². The van der Waals surface area contributed by atoms with Gasteiger partial charge in [0.25, 0.3) is 0 Å². The fourth-order valence-electron chi connectivity index (χ4n) is 0.969. The monoisotopic (exact) mass is 183 g/mol. The summed E-state index contributed by atoms with van der Waals surface area (Å²) < 4.78 is 9.94. The summed E-state index contributed by atoms with van der Waals surface area (Å²) in [7, 11) is 1.34. The topological polar surface area (TPSA) is 51.3 Å². The maximum Gasteiger partial charge on any atom is 0.358 e. The molecular weight excluding hydrogens is 170 g/mol. The molecule has 1 rings (SSSR count). The number of rotatable bonds is 3. The molecule has 1 heterocycles. The number of hydrogen-bond acceptors (Lipinski definition) is 3. The van der Waals surface area contributed by atoms with Gasteiger partial charge >= 0.3 is 5.97 Å². The maximum absolute atomic E-state index is 11.1. The molecule has 0 aliphatic heterocycles. The van der Waals surface area contributed by atoms with Crippen LogP contribution in [-0.2, 0) is 4.74 Å². The molecule has 0 amide bonds. The van der Waals surface area contributed by atoms with E-state index in [9.17, 15) is 4.79 Å². The predicted molar refractivity (Wildman–Crippen MR) is 47.9 cm³/mol. The van der Waals surface area contributed by atoms with Gasteiger partial charge in [-0.25, -0.2) is 4.79 Å². The molecule has 1 N–H and O–H groups in total. The molecule has 72 valence electrons. The first kappa shape index (κ1) is 9.64. The molecule has 1 aromatic heterocycles. The van der Waals surface area contributed by atoms with Crippen molar-refractivity contribution in [1.82, 2.24) is 4.98 Å². The van der Waals surface area contributed by atoms with E-state index < -0.39 is 5.97 Å². The third kappa shape index (κ3) is 2.24. The van der Waals surface area contributed by atoms with Crippen molar-refractivity contribution in [3.8, 4) is 5.75 Å². The number of carbonyl (C=O) groups is 1. The average Bonchev–Trinajstić information content (AvgIpc) is 2.50. The number of nitrogens with one attached hydrogen (secondary N) is 1. The fourth-order valence-corrected chi connectivity index (χ4v) is 0.969. The Morgan fingerprint density at radius 1 is 1.54 bits per heavy atom. The fraction of sp³-hybridized carbons (Fsp3) is 0.444. The first-order valence-corrected chi connectivity index (χ1v) is 4.07. The summed E-state index contributed by atoms with van der Waals surface area (Å²) in [6.45, 7) is 3.79. The summed E-state index contributed by atoms with van der Waals surface area (Å²) in [5.41, 5.74) is 0.358. The van der Waals surface area contributed by atoms with E-state index in [1.54, 1.807) is 12.3 Å². The van der Waals surface area contributed by atoms with Crippen LogP contribution in [0.5, 0.6) is 5.75 Å². The van der Waals surface area contributed by atoms with Gasteiger partial charge in [0.2, 0.25) is 0 Å². The highest BCUT2D eigenvalue weighted by Crippen LogP contribution is 2.18. The van der Waals surface area contributed by atoms with Crippen LogP contribution in [0.3, 0.4) is 0 Å². The van der Waals surface area contributed by atoms with Crippen molar-refractivity contribution < 1.29 is 14.3 Å². The molecule has 0 aliphatic rings. The van der Waals surface area contributed by atoms with E-state index in [1.807, 2.05) is 13.8 Å². The van der Waals surface area contributed by atoms with Gasteiger partial charge in [-0.15, -0.1) is 0 Å². The van der Waals surface area contributed by atoms with E-state index in [0.717, 1.165) is 0 Å². The van der Waals surface area contributed by atoms with Crippen molar-refractivity contribution in [3.63, 3.8) is 0 Å². The van der Waals surface area contributed by atoms with Crippen LogP contribution >= 0.6 is 0 Å². The summed E-state index contributed by atoms with van der Waals surface area (Å²) >= 11 is 0. The molecule has 0 aromatic carbocycles. The van der Waals surface area contributed by atoms with E-state index in [4.69, 9.17) is 4.74 Å². The first-order valence-electron chi connectivity index (χ1n) is 4.07. The molecule has 0 unspecified atom stereocenters. The van der Waals surface area contributed by atoms with Gasteiger partial charge in [-0.3, -0.25) is 0 Å². The summed E-state index contributed by atoms with van der Waals surface area (Å²) in [5.74, 6) is 0.113. The smallest absolute Gasteiger partial charge is 0.358 e. The zero-order valence-corrected chi connectivity index (χ0v) is 7.96. The molecule has 0 spiro atoms. The van der Waals surface area contributed by atoms with Crippen LogP contribution in [0.4, 0.5) is 0 Å². The van der Waals surface area contributed by atoms with Gasteiger partial charge in [-0.1, -0.05) is 0 Å². The number of hydrogen-bond donors (Lipinski definition) is 1. The van der Waals surface area contributed by atoms with Crippen LogP contribution < -0.4 is 4.74 Å². The highest BCUT2D eigenvalue weighted by Gasteiger charge is 2.14. The molecule has 0 atom stereocenters. The zero-order chi connectivity index (χ0) is 9.84. The molecule has 4 heteroatoms. The van der Waals surface area contributed by atoms with Crippen molar-refractivity contribution in [3.05, 3.63) is 18.0 Å². The average molecular weight is 183 g/mol. The SMILES string of the molecule is COC(=O)c1[nH]ccc1OC(C)C. The molecular formula is C9H13NO3. The van der Waals surface area contributed by atoms with E-state index in [1.165, 1.54) is 7.11 Å². The number of carbonyl (C=O) groups excluding carboxylic acids is 1. The second-order valence-electron chi connectivity index (χ2n) is 2.88. The lowest BCUT2D eigenvalue weighted by atomic mass is 10.4. The second kappa shape index (κ2) is 3.98. The van der Waals surface area contributed by atoms with Crippen molar-refractivity contribution in [2.24, 2.45) is 0 Å². The normalized spacial score (nSPS) is 10.2. The number of aromatic amines is 1. The van der Waals surface area contributed by atoms with Crippen LogP contribution in [0.15, 0.2) is 12.3 Å². The third-order valence-electron chi connectivity index (χ3n) is 1.46. The van der Waals surface area contributed by atoms with Crippen molar-refractivity contribution in [2.75, 3.05) is 7.11 Å². The Morgan fingerprint density at radius 3 is 2.77 bits per heavy atom. The minimum atomic E-state index is -0.416. The Kier molecular flexibility index (Phi) is 2.95. The summed E-state index contributed by atoms with van der Waals surface area (Å²) in [6, 6.07) is 1.70. The lowest BCUT2D eigenvalue weighted by Gasteiger charge is -2.08. The van der Waals surface area contributed by atoms with Gasteiger partial charge in [-0.05, 0) is 19.9 Å². The predicted octanol–water partition coefficient (Wildman–Crippen LogP) is 1.59. The van der Waals surface area contributed by atoms with Gasteiger partial charge in [0.1, 0.15) is 0 Å². The molecule has 0 saturated heterocycles. The Bertz CT molecular complexity index is 291. The van der Waals surface area contributed by atoms with Crippen LogP contribution in [0.25, 0.3) is 0 Å². The Hall–Kier alpha value is -1.45. The van der Waals surface area contributed by atoms with Gasteiger partial charge in [-0.2, -0.15) is 0 Å². The Morgan fingerprint density at radius 2 is 2.23 bits per heavy atom. The third-order valence-corrected chi connectivity index (χ3v) is 1.46. The Labute approximate surface area is 76.9 Å². The van der Waals surface area contributed by atoms with E-state index in [0.29, 0.717) is 11.4 Å². The van der Waals surface area contributed by atoms with Crippen LogP contribution in [0.1, 0.15) is 24.3 Å². The van der Waals surface area contributed by atoms with Crippen LogP contribution in [-0.4, -0.2) is 24.2 Å². The van der Waals surface area contributed by atoms with Gasteiger partial charge < -0.3 is 14.5 Å². The first-order chi connectivity index (χ1) is 6.15. The van der Waals surface area contributed by atoms with Gasteiger partial charge in [0.15, 0.2) is 11.4 Å². The largest absolute Gasteiger partial charge is 0.488 e. The van der Waals surface area contributed by atoms with E-state index in [2.05, 4.69) is 9.72 Å². The van der Waals surface area contributed by atoms with Gasteiger partial charge in [0, 0.05) is 6.20 Å². The molecule has 0 saturated carbocycles. The summed E-state index contributed by atoms with van der Waals surface area (Å²) in [5, 5.41) is 0. The van der Waals surface area contributed by atoms with Crippen LogP contribution in [0, 0.1) is 0 Å². The molecule has 0 aliphatic carbocycles. The van der Waals surface area contributed by atoms with Gasteiger partial charge in [0.05, 0.1) is 13.2 Å². The second-order valence-corrected chi connectivity index (χ2v) is 2.88. The number of aromatic nitrogens is 1. The van der Waals surface area contributed by atoms with Crippen LogP contribution in [0.2, 0.25) is 0 Å².